The Labute approximate surface area is 119 Å². The van der Waals surface area contributed by atoms with Gasteiger partial charge in [-0.1, -0.05) is 0 Å². The van der Waals surface area contributed by atoms with Crippen molar-refractivity contribution in [2.45, 2.75) is 26.3 Å². The van der Waals surface area contributed by atoms with Crippen molar-refractivity contribution in [3.8, 4) is 11.6 Å². The number of imidazole rings is 1. The number of aromatic nitrogens is 2. The fourth-order valence-corrected chi connectivity index (χ4v) is 2.68. The number of carboxylic acids is 2. The fraction of sp³-hybridized carbons (Fsp3) is 0.357. The second-order valence-electron chi connectivity index (χ2n) is 5.13. The Hall–Kier alpha value is -2.57. The highest BCUT2D eigenvalue weighted by atomic mass is 16.4. The summed E-state index contributed by atoms with van der Waals surface area (Å²) in [5.41, 5.74) is 0.357. The van der Waals surface area contributed by atoms with Gasteiger partial charge in [0.15, 0.2) is 17.3 Å². The minimum absolute atomic E-state index is 0.0926. The Balaban J connectivity index is 2.11. The van der Waals surface area contributed by atoms with Crippen LogP contribution in [-0.4, -0.2) is 31.7 Å². The molecule has 21 heavy (non-hydrogen) atoms. The van der Waals surface area contributed by atoms with Crippen LogP contribution in [0, 0.1) is 12.8 Å². The van der Waals surface area contributed by atoms with E-state index in [0.717, 1.165) is 0 Å². The molecule has 0 aromatic carbocycles. The number of furan rings is 1. The van der Waals surface area contributed by atoms with Crippen LogP contribution in [0.3, 0.4) is 0 Å². The number of aromatic carboxylic acids is 1. The summed E-state index contributed by atoms with van der Waals surface area (Å²) >= 11 is 0. The van der Waals surface area contributed by atoms with Crippen LogP contribution in [0.25, 0.3) is 11.6 Å². The first-order valence-corrected chi connectivity index (χ1v) is 6.59. The summed E-state index contributed by atoms with van der Waals surface area (Å²) in [5.74, 6) is -0.986. The second-order valence-corrected chi connectivity index (χ2v) is 5.13. The van der Waals surface area contributed by atoms with Crippen molar-refractivity contribution >= 4 is 11.9 Å². The molecule has 0 amide bonds. The maximum atomic E-state index is 11.3. The number of aliphatic carboxylic acids is 1. The summed E-state index contributed by atoms with van der Waals surface area (Å²) in [6.07, 6.45) is 0.619. The van der Waals surface area contributed by atoms with E-state index in [1.165, 1.54) is 0 Å². The van der Waals surface area contributed by atoms with E-state index in [-0.39, 0.29) is 12.1 Å². The highest BCUT2D eigenvalue weighted by Crippen LogP contribution is 2.31. The van der Waals surface area contributed by atoms with E-state index in [9.17, 15) is 14.7 Å². The number of rotatable bonds is 3. The van der Waals surface area contributed by atoms with Crippen LogP contribution < -0.4 is 0 Å². The van der Waals surface area contributed by atoms with Gasteiger partial charge in [0.2, 0.25) is 0 Å². The Morgan fingerprint density at radius 1 is 1.38 bits per heavy atom. The van der Waals surface area contributed by atoms with Gasteiger partial charge < -0.3 is 19.2 Å². The van der Waals surface area contributed by atoms with Crippen molar-refractivity contribution in [3.05, 3.63) is 29.3 Å². The monoisotopic (exact) mass is 290 g/mol. The average Bonchev–Trinajstić information content (AvgIpc) is 3.01. The fourth-order valence-electron chi connectivity index (χ4n) is 2.68. The lowest BCUT2D eigenvalue weighted by atomic mass is 9.95. The van der Waals surface area contributed by atoms with Crippen LogP contribution in [-0.2, 0) is 17.8 Å². The Bertz CT molecular complexity index is 728. The molecular formula is C14H14N2O5. The molecule has 2 N–H and O–H groups in total. The molecule has 2 aromatic heterocycles. The van der Waals surface area contributed by atoms with Crippen LogP contribution in [0.1, 0.15) is 28.4 Å². The Morgan fingerprint density at radius 3 is 2.71 bits per heavy atom. The van der Waals surface area contributed by atoms with E-state index in [2.05, 4.69) is 4.98 Å². The quantitative estimate of drug-likeness (QED) is 0.892. The SMILES string of the molecule is Cc1ccc(-c2nc(C(=O)O)c3n2CCC(C(=O)O)C3)o1. The standard InChI is InChI=1S/C14H14N2O5/c1-7-2-3-10(21-7)12-15-11(14(19)20)9-6-8(13(17)18)4-5-16(9)12/h2-3,8H,4-6H2,1H3,(H,17,18)(H,19,20). The third-order valence-corrected chi connectivity index (χ3v) is 3.73. The van der Waals surface area contributed by atoms with Crippen LogP contribution >= 0.6 is 0 Å². The Morgan fingerprint density at radius 2 is 2.14 bits per heavy atom. The van der Waals surface area contributed by atoms with Gasteiger partial charge in [-0.25, -0.2) is 9.78 Å². The van der Waals surface area contributed by atoms with Gasteiger partial charge in [-0.2, -0.15) is 0 Å². The molecule has 7 heteroatoms. The molecule has 1 aliphatic rings. The van der Waals surface area contributed by atoms with Gasteiger partial charge >= 0.3 is 11.9 Å². The van der Waals surface area contributed by atoms with E-state index in [1.54, 1.807) is 23.6 Å². The second kappa shape index (κ2) is 4.76. The topological polar surface area (TPSA) is 106 Å². The zero-order valence-electron chi connectivity index (χ0n) is 11.4. The number of hydrogen-bond acceptors (Lipinski definition) is 4. The average molecular weight is 290 g/mol. The highest BCUT2D eigenvalue weighted by molar-refractivity contribution is 5.88. The van der Waals surface area contributed by atoms with Crippen molar-refractivity contribution in [2.24, 2.45) is 5.92 Å². The van der Waals surface area contributed by atoms with Gasteiger partial charge in [0.25, 0.3) is 0 Å². The first kappa shape index (κ1) is 13.4. The summed E-state index contributed by atoms with van der Waals surface area (Å²) in [4.78, 5) is 26.6. The van der Waals surface area contributed by atoms with E-state index < -0.39 is 17.9 Å². The van der Waals surface area contributed by atoms with E-state index in [1.807, 2.05) is 0 Å². The van der Waals surface area contributed by atoms with Crippen LogP contribution in [0.5, 0.6) is 0 Å². The minimum Gasteiger partial charge on any atom is -0.481 e. The third kappa shape index (κ3) is 2.20. The normalized spacial score (nSPS) is 17.5. The van der Waals surface area contributed by atoms with Gasteiger partial charge in [0.05, 0.1) is 11.6 Å². The first-order valence-electron chi connectivity index (χ1n) is 6.59. The molecule has 1 atom stereocenters. The zero-order valence-corrected chi connectivity index (χ0v) is 11.4. The van der Waals surface area contributed by atoms with Crippen LogP contribution in [0.4, 0.5) is 0 Å². The molecule has 0 radical (unpaired) electrons. The minimum atomic E-state index is -1.15. The smallest absolute Gasteiger partial charge is 0.356 e. The first-order chi connectivity index (χ1) is 9.97. The molecule has 0 aliphatic carbocycles. The highest BCUT2D eigenvalue weighted by Gasteiger charge is 2.32. The predicted molar refractivity (Wildman–Crippen MR) is 71.1 cm³/mol. The summed E-state index contributed by atoms with van der Waals surface area (Å²) in [5, 5.41) is 18.4. The molecule has 0 saturated carbocycles. The molecular weight excluding hydrogens is 276 g/mol. The molecule has 1 aliphatic heterocycles. The van der Waals surface area contributed by atoms with Gasteiger partial charge in [-0.15, -0.1) is 0 Å². The van der Waals surface area contributed by atoms with Crippen molar-refractivity contribution in [1.82, 2.24) is 9.55 Å². The maximum absolute atomic E-state index is 11.3. The lowest BCUT2D eigenvalue weighted by molar-refractivity contribution is -0.142. The lowest BCUT2D eigenvalue weighted by Gasteiger charge is -2.21. The number of hydrogen-bond donors (Lipinski definition) is 2. The number of carboxylic acid groups (broad SMARTS) is 2. The van der Waals surface area contributed by atoms with Gasteiger partial charge in [-0.05, 0) is 25.5 Å². The van der Waals surface area contributed by atoms with Crippen molar-refractivity contribution in [2.75, 3.05) is 0 Å². The summed E-state index contributed by atoms with van der Waals surface area (Å²) in [6, 6.07) is 3.51. The van der Waals surface area contributed by atoms with Crippen molar-refractivity contribution < 1.29 is 24.2 Å². The van der Waals surface area contributed by atoms with Gasteiger partial charge in [0, 0.05) is 13.0 Å². The number of nitrogens with zero attached hydrogens (tertiary/aromatic N) is 2. The summed E-state index contributed by atoms with van der Waals surface area (Å²) in [7, 11) is 0. The molecule has 0 fully saturated rings. The van der Waals surface area contributed by atoms with Crippen LogP contribution in [0.2, 0.25) is 0 Å². The molecule has 7 nitrogen and oxygen atoms in total. The molecule has 3 heterocycles. The molecule has 2 aromatic rings. The summed E-state index contributed by atoms with van der Waals surface area (Å²) in [6.45, 7) is 2.21. The number of aryl methyl sites for hydroxylation is 1. The molecule has 3 rings (SSSR count). The van der Waals surface area contributed by atoms with Gasteiger partial charge in [-0.3, -0.25) is 4.79 Å². The largest absolute Gasteiger partial charge is 0.481 e. The van der Waals surface area contributed by atoms with E-state index >= 15 is 0 Å². The van der Waals surface area contributed by atoms with Crippen molar-refractivity contribution in [3.63, 3.8) is 0 Å². The zero-order chi connectivity index (χ0) is 15.1. The Kier molecular flexibility index (Phi) is 3.04. The molecule has 0 spiro atoms. The van der Waals surface area contributed by atoms with Gasteiger partial charge in [0.1, 0.15) is 5.76 Å². The molecule has 110 valence electrons. The molecule has 0 bridgehead atoms. The van der Waals surface area contributed by atoms with E-state index in [0.29, 0.717) is 36.0 Å². The number of fused-ring (bicyclic) bond motifs is 1. The predicted octanol–water partition coefficient (Wildman–Crippen LogP) is 1.80. The molecule has 1 unspecified atom stereocenters. The van der Waals surface area contributed by atoms with Crippen LogP contribution in [0.15, 0.2) is 16.5 Å². The molecule has 0 saturated heterocycles. The van der Waals surface area contributed by atoms with E-state index in [4.69, 9.17) is 9.52 Å². The van der Waals surface area contributed by atoms with Crippen molar-refractivity contribution in [1.29, 1.82) is 0 Å². The summed E-state index contributed by atoms with van der Waals surface area (Å²) < 4.78 is 7.26. The maximum Gasteiger partial charge on any atom is 0.356 e. The lowest BCUT2D eigenvalue weighted by Crippen LogP contribution is -2.26. The number of carbonyl (C=O) groups is 2. The third-order valence-electron chi connectivity index (χ3n) is 3.73.